The zero-order valence-electron chi connectivity index (χ0n) is 16.2. The van der Waals surface area contributed by atoms with Crippen molar-refractivity contribution in [3.8, 4) is 0 Å². The molecule has 0 spiro atoms. The van der Waals surface area contributed by atoms with Gasteiger partial charge in [-0.1, -0.05) is 43.0 Å². The second-order valence-electron chi connectivity index (χ2n) is 7.96. The monoisotopic (exact) mass is 414 g/mol. The molecule has 2 aromatic rings. The van der Waals surface area contributed by atoms with E-state index >= 15 is 0 Å². The highest BCUT2D eigenvalue weighted by Gasteiger charge is 2.34. The second kappa shape index (κ2) is 8.54. The average molecular weight is 415 g/mol. The third-order valence-corrected chi connectivity index (χ3v) is 6.14. The minimum atomic E-state index is -0.501. The fourth-order valence-electron chi connectivity index (χ4n) is 4.47. The summed E-state index contributed by atoms with van der Waals surface area (Å²) in [6, 6.07) is 10.8. The first-order valence-electron chi connectivity index (χ1n) is 10.2. The highest BCUT2D eigenvalue weighted by molar-refractivity contribution is 6.30. The van der Waals surface area contributed by atoms with Crippen molar-refractivity contribution in [3.63, 3.8) is 0 Å². The van der Waals surface area contributed by atoms with Crippen LogP contribution in [0.4, 0.5) is 10.1 Å². The topological polar surface area (TPSA) is 49.4 Å². The van der Waals surface area contributed by atoms with Crippen molar-refractivity contribution in [1.29, 1.82) is 0 Å². The van der Waals surface area contributed by atoms with Crippen LogP contribution in [0.5, 0.6) is 0 Å². The maximum atomic E-state index is 13.6. The fourth-order valence-corrected chi connectivity index (χ4v) is 4.65. The summed E-state index contributed by atoms with van der Waals surface area (Å²) in [5.74, 6) is -0.275. The maximum Gasteiger partial charge on any atom is 0.244 e. The lowest BCUT2D eigenvalue weighted by Crippen LogP contribution is -2.39. The van der Waals surface area contributed by atoms with Gasteiger partial charge < -0.3 is 10.2 Å². The fraction of sp³-hybridized carbons (Fsp3) is 0.391. The SMILES string of the molecule is O=C1CN(C(=O)CC2CCCCC2)C(c2ccc(F)cc2)c2cc(Cl)ccc2N1. The molecule has 0 aromatic heterocycles. The Kier molecular flexibility index (Phi) is 5.86. The summed E-state index contributed by atoms with van der Waals surface area (Å²) in [5, 5.41) is 3.40. The van der Waals surface area contributed by atoms with E-state index in [0.717, 1.165) is 36.8 Å². The van der Waals surface area contributed by atoms with Crippen LogP contribution in [0.2, 0.25) is 5.02 Å². The van der Waals surface area contributed by atoms with Crippen LogP contribution in [0.15, 0.2) is 42.5 Å². The number of anilines is 1. The van der Waals surface area contributed by atoms with E-state index in [0.29, 0.717) is 23.0 Å². The smallest absolute Gasteiger partial charge is 0.244 e. The molecule has 2 aromatic carbocycles. The van der Waals surface area contributed by atoms with Gasteiger partial charge in [0.15, 0.2) is 0 Å². The quantitative estimate of drug-likeness (QED) is 0.738. The summed E-state index contributed by atoms with van der Waals surface area (Å²) in [5.41, 5.74) is 2.12. The van der Waals surface area contributed by atoms with Crippen LogP contribution < -0.4 is 5.32 Å². The average Bonchev–Trinajstić information content (AvgIpc) is 2.85. The molecule has 0 saturated heterocycles. The van der Waals surface area contributed by atoms with Crippen molar-refractivity contribution in [3.05, 3.63) is 64.4 Å². The lowest BCUT2D eigenvalue weighted by Gasteiger charge is -2.32. The van der Waals surface area contributed by atoms with Gasteiger partial charge in [-0.3, -0.25) is 9.59 Å². The zero-order chi connectivity index (χ0) is 20.4. The first-order valence-corrected chi connectivity index (χ1v) is 10.5. The highest BCUT2D eigenvalue weighted by atomic mass is 35.5. The van der Waals surface area contributed by atoms with E-state index in [2.05, 4.69) is 5.32 Å². The number of nitrogens with zero attached hydrogens (tertiary/aromatic N) is 1. The van der Waals surface area contributed by atoms with Gasteiger partial charge in [-0.05, 0) is 54.7 Å². The first-order chi connectivity index (χ1) is 14.0. The second-order valence-corrected chi connectivity index (χ2v) is 8.40. The number of halogens is 2. The van der Waals surface area contributed by atoms with E-state index in [1.54, 1.807) is 35.2 Å². The number of rotatable bonds is 3. The van der Waals surface area contributed by atoms with Gasteiger partial charge in [0.05, 0.1) is 6.04 Å². The molecular formula is C23H24ClFN2O2. The van der Waals surface area contributed by atoms with Gasteiger partial charge in [0.2, 0.25) is 11.8 Å². The molecule has 1 aliphatic carbocycles. The zero-order valence-corrected chi connectivity index (χ0v) is 16.9. The van der Waals surface area contributed by atoms with Gasteiger partial charge in [-0.25, -0.2) is 4.39 Å². The summed E-state index contributed by atoms with van der Waals surface area (Å²) in [7, 11) is 0. The molecule has 0 radical (unpaired) electrons. The van der Waals surface area contributed by atoms with E-state index in [-0.39, 0.29) is 24.2 Å². The summed E-state index contributed by atoms with van der Waals surface area (Å²) in [6.45, 7) is -0.0418. The number of amides is 2. The van der Waals surface area contributed by atoms with Crippen molar-refractivity contribution >= 4 is 29.1 Å². The predicted octanol–water partition coefficient (Wildman–Crippen LogP) is 5.32. The lowest BCUT2D eigenvalue weighted by molar-refractivity contribution is -0.137. The predicted molar refractivity (Wildman–Crippen MR) is 111 cm³/mol. The molecule has 29 heavy (non-hydrogen) atoms. The molecule has 2 amide bonds. The van der Waals surface area contributed by atoms with Crippen LogP contribution in [0, 0.1) is 11.7 Å². The minimum absolute atomic E-state index is 0.0418. The molecule has 1 saturated carbocycles. The Morgan fingerprint density at radius 3 is 2.55 bits per heavy atom. The third-order valence-electron chi connectivity index (χ3n) is 5.90. The van der Waals surface area contributed by atoms with Crippen molar-refractivity contribution in [2.75, 3.05) is 11.9 Å². The van der Waals surface area contributed by atoms with Crippen LogP contribution in [0.25, 0.3) is 0 Å². The summed E-state index contributed by atoms with van der Waals surface area (Å²) in [4.78, 5) is 27.5. The maximum absolute atomic E-state index is 13.6. The number of hydrogen-bond donors (Lipinski definition) is 1. The van der Waals surface area contributed by atoms with Crippen LogP contribution in [0.3, 0.4) is 0 Å². The molecule has 1 unspecified atom stereocenters. The Hall–Kier alpha value is -2.40. The van der Waals surface area contributed by atoms with Crippen molar-refractivity contribution < 1.29 is 14.0 Å². The van der Waals surface area contributed by atoms with Crippen LogP contribution in [-0.2, 0) is 9.59 Å². The molecule has 1 fully saturated rings. The van der Waals surface area contributed by atoms with Gasteiger partial charge in [0, 0.05) is 22.7 Å². The largest absolute Gasteiger partial charge is 0.324 e. The molecule has 1 N–H and O–H groups in total. The third kappa shape index (κ3) is 4.45. The van der Waals surface area contributed by atoms with Crippen molar-refractivity contribution in [2.45, 2.75) is 44.6 Å². The van der Waals surface area contributed by atoms with E-state index in [1.807, 2.05) is 0 Å². The van der Waals surface area contributed by atoms with E-state index in [1.165, 1.54) is 18.6 Å². The highest BCUT2D eigenvalue weighted by Crippen LogP contribution is 2.38. The van der Waals surface area contributed by atoms with Gasteiger partial charge in [0.25, 0.3) is 0 Å². The molecule has 152 valence electrons. The molecule has 2 aliphatic rings. The number of carbonyl (C=O) groups excluding carboxylic acids is 2. The van der Waals surface area contributed by atoms with Gasteiger partial charge in [0.1, 0.15) is 12.4 Å². The van der Waals surface area contributed by atoms with Crippen LogP contribution in [-0.4, -0.2) is 23.3 Å². The standard InChI is InChI=1S/C23H24ClFN2O2/c24-17-8-11-20-19(13-17)23(16-6-9-18(25)10-7-16)27(14-21(28)26-20)22(29)12-15-4-2-1-3-5-15/h6-11,13,15,23H,1-5,12,14H2,(H,26,28). The van der Waals surface area contributed by atoms with Gasteiger partial charge in [-0.2, -0.15) is 0 Å². The lowest BCUT2D eigenvalue weighted by atomic mass is 9.86. The van der Waals surface area contributed by atoms with Crippen LogP contribution >= 0.6 is 11.6 Å². The Morgan fingerprint density at radius 1 is 1.10 bits per heavy atom. The molecular weight excluding hydrogens is 391 g/mol. The number of hydrogen-bond acceptors (Lipinski definition) is 2. The number of fused-ring (bicyclic) bond motifs is 1. The Morgan fingerprint density at radius 2 is 1.83 bits per heavy atom. The molecule has 1 atom stereocenters. The summed E-state index contributed by atoms with van der Waals surface area (Å²) < 4.78 is 13.6. The van der Waals surface area contributed by atoms with Gasteiger partial charge >= 0.3 is 0 Å². The molecule has 4 nitrogen and oxygen atoms in total. The molecule has 4 rings (SSSR count). The molecule has 6 heteroatoms. The Bertz CT molecular complexity index is 910. The van der Waals surface area contributed by atoms with Gasteiger partial charge in [-0.15, -0.1) is 0 Å². The van der Waals surface area contributed by atoms with Crippen molar-refractivity contribution in [1.82, 2.24) is 4.90 Å². The first kappa shape index (κ1) is 19.9. The molecule has 0 bridgehead atoms. The minimum Gasteiger partial charge on any atom is -0.324 e. The number of benzene rings is 2. The molecule has 1 heterocycles. The Balaban J connectivity index is 1.74. The molecule has 1 aliphatic heterocycles. The summed E-state index contributed by atoms with van der Waals surface area (Å²) in [6.07, 6.45) is 6.06. The Labute approximate surface area is 175 Å². The van der Waals surface area contributed by atoms with E-state index in [9.17, 15) is 14.0 Å². The van der Waals surface area contributed by atoms with Crippen LogP contribution in [0.1, 0.15) is 55.7 Å². The number of carbonyl (C=O) groups is 2. The van der Waals surface area contributed by atoms with E-state index < -0.39 is 6.04 Å². The summed E-state index contributed by atoms with van der Waals surface area (Å²) >= 11 is 6.25. The van der Waals surface area contributed by atoms with E-state index in [4.69, 9.17) is 11.6 Å². The normalized spacial score (nSPS) is 20.0. The number of nitrogens with one attached hydrogen (secondary N) is 1. The van der Waals surface area contributed by atoms with Crippen molar-refractivity contribution in [2.24, 2.45) is 5.92 Å².